The lowest BCUT2D eigenvalue weighted by Crippen LogP contribution is -2.44. The van der Waals surface area contributed by atoms with Crippen molar-refractivity contribution in [2.24, 2.45) is 11.8 Å². The molecule has 6 nitrogen and oxygen atoms in total. The summed E-state index contributed by atoms with van der Waals surface area (Å²) < 4.78 is 21.1. The Morgan fingerprint density at radius 1 is 1.00 bits per heavy atom. The Kier molecular flexibility index (Phi) is 7.07. The molecule has 2 aromatic carbocycles. The quantitative estimate of drug-likeness (QED) is 0.475. The van der Waals surface area contributed by atoms with E-state index in [2.05, 4.69) is 16.0 Å². The Morgan fingerprint density at radius 3 is 2.50 bits per heavy atom. The number of rotatable bonds is 5. The number of aromatic nitrogens is 1. The Morgan fingerprint density at radius 2 is 1.75 bits per heavy atom. The Hall–Kier alpha value is -3.61. The highest BCUT2D eigenvalue weighted by atomic mass is 19.1. The summed E-state index contributed by atoms with van der Waals surface area (Å²) in [5.41, 5.74) is 3.90. The molecule has 1 N–H and O–H groups in total. The fourth-order valence-electron chi connectivity index (χ4n) is 5.53. The molecule has 188 valence electrons. The number of para-hydroxylation sites is 1. The molecular weight excluding hydrogens is 457 g/mol. The summed E-state index contributed by atoms with van der Waals surface area (Å²) in [6, 6.07) is 18.0. The molecule has 1 aliphatic heterocycles. The molecule has 3 aromatic rings. The van der Waals surface area contributed by atoms with Crippen LogP contribution < -0.4 is 5.32 Å². The molecule has 2 aliphatic rings. The van der Waals surface area contributed by atoms with Gasteiger partial charge in [-0.2, -0.15) is 0 Å². The molecule has 1 atom stereocenters. The Bertz CT molecular complexity index is 1210. The molecule has 1 aliphatic carbocycles. The second-order valence-electron chi connectivity index (χ2n) is 9.67. The third-order valence-corrected chi connectivity index (χ3v) is 7.42. The van der Waals surface area contributed by atoms with E-state index in [1.807, 2.05) is 48.4 Å². The second-order valence-corrected chi connectivity index (χ2v) is 9.67. The number of hydrogen-bond acceptors (Lipinski definition) is 3. The summed E-state index contributed by atoms with van der Waals surface area (Å²) in [6.07, 6.45) is 5.37. The molecule has 0 radical (unpaired) electrons. The zero-order valence-corrected chi connectivity index (χ0v) is 20.5. The molecule has 7 heteroatoms. The third-order valence-electron chi connectivity index (χ3n) is 7.42. The van der Waals surface area contributed by atoms with Crippen LogP contribution in [0.1, 0.15) is 55.5 Å². The first-order chi connectivity index (χ1) is 17.5. The molecule has 0 saturated heterocycles. The predicted octanol–water partition coefficient (Wildman–Crippen LogP) is 5.60. The van der Waals surface area contributed by atoms with Gasteiger partial charge in [0.1, 0.15) is 5.82 Å². The Labute approximate surface area is 211 Å². The van der Waals surface area contributed by atoms with Crippen LogP contribution in [0.2, 0.25) is 0 Å². The number of urea groups is 1. The summed E-state index contributed by atoms with van der Waals surface area (Å²) >= 11 is 0. The minimum atomic E-state index is -0.368. The number of nitrogens with one attached hydrogen (secondary N) is 1. The topological polar surface area (TPSA) is 63.6 Å². The van der Waals surface area contributed by atoms with Crippen LogP contribution in [0, 0.1) is 17.7 Å². The van der Waals surface area contributed by atoms with Gasteiger partial charge in [-0.3, -0.25) is 4.79 Å². The molecular formula is C29H32FN3O3. The summed E-state index contributed by atoms with van der Waals surface area (Å²) in [5, 5.41) is 3.17. The van der Waals surface area contributed by atoms with Crippen molar-refractivity contribution in [3.63, 3.8) is 0 Å². The van der Waals surface area contributed by atoms with Gasteiger partial charge in [0.15, 0.2) is 0 Å². The number of benzene rings is 2. The minimum absolute atomic E-state index is 0.0327. The van der Waals surface area contributed by atoms with Crippen LogP contribution in [-0.4, -0.2) is 34.6 Å². The fourth-order valence-corrected chi connectivity index (χ4v) is 5.53. The van der Waals surface area contributed by atoms with Gasteiger partial charge in [0.25, 0.3) is 0 Å². The molecule has 2 amide bonds. The number of nitrogens with zero attached hydrogens (tertiary/aromatic N) is 2. The van der Waals surface area contributed by atoms with Crippen molar-refractivity contribution in [3.05, 3.63) is 89.5 Å². The van der Waals surface area contributed by atoms with E-state index in [9.17, 15) is 14.0 Å². The fraction of sp³-hybridized carbons (Fsp3) is 0.379. The van der Waals surface area contributed by atoms with E-state index < -0.39 is 0 Å². The first-order valence-corrected chi connectivity index (χ1v) is 12.8. The van der Waals surface area contributed by atoms with Gasteiger partial charge in [0.05, 0.1) is 30.8 Å². The van der Waals surface area contributed by atoms with E-state index in [1.54, 1.807) is 12.1 Å². The van der Waals surface area contributed by atoms with Crippen molar-refractivity contribution >= 4 is 12.0 Å². The molecule has 36 heavy (non-hydrogen) atoms. The molecule has 0 bridgehead atoms. The SMILES string of the molecule is CCOC(=O)C1CCC(CNC(=O)N2Cc3ccccc3-n3cccc3[C@@H]2c2ccc(F)cc2)CC1. The number of amides is 2. The van der Waals surface area contributed by atoms with Gasteiger partial charge < -0.3 is 19.5 Å². The van der Waals surface area contributed by atoms with Crippen LogP contribution in [0.15, 0.2) is 66.9 Å². The largest absolute Gasteiger partial charge is 0.466 e. The normalized spacial score (nSPS) is 21.2. The van der Waals surface area contributed by atoms with Crippen molar-refractivity contribution < 1.29 is 18.7 Å². The van der Waals surface area contributed by atoms with E-state index in [4.69, 9.17) is 4.74 Å². The number of esters is 1. The number of fused-ring (bicyclic) bond motifs is 3. The lowest BCUT2D eigenvalue weighted by Gasteiger charge is -2.32. The number of ether oxygens (including phenoxy) is 1. The standard InChI is InChI=1S/C29H32FN3O3/c1-2-36-28(34)22-11-9-20(10-12-22)18-31-29(35)33-19-23-6-3-4-7-25(23)32-17-5-8-26(32)27(33)21-13-15-24(30)16-14-21/h3-8,13-17,20,22,27H,2,9-12,18-19H2,1H3,(H,31,35)/t20?,22?,27-/m0/s1. The summed E-state index contributed by atoms with van der Waals surface area (Å²) in [5.74, 6) is -0.115. The zero-order valence-electron chi connectivity index (χ0n) is 20.5. The molecule has 0 unspecified atom stereocenters. The maximum atomic E-state index is 13.8. The number of carbonyl (C=O) groups is 2. The van der Waals surface area contributed by atoms with E-state index in [0.717, 1.165) is 48.2 Å². The van der Waals surface area contributed by atoms with Crippen LogP contribution in [0.3, 0.4) is 0 Å². The second kappa shape index (κ2) is 10.6. The summed E-state index contributed by atoms with van der Waals surface area (Å²) in [7, 11) is 0. The highest BCUT2D eigenvalue weighted by Gasteiger charge is 2.34. The summed E-state index contributed by atoms with van der Waals surface area (Å²) in [4.78, 5) is 27.6. The van der Waals surface area contributed by atoms with Crippen molar-refractivity contribution in [1.29, 1.82) is 0 Å². The van der Waals surface area contributed by atoms with E-state index in [1.165, 1.54) is 12.1 Å². The predicted molar refractivity (Wildman–Crippen MR) is 135 cm³/mol. The van der Waals surface area contributed by atoms with Crippen LogP contribution in [0.25, 0.3) is 5.69 Å². The maximum Gasteiger partial charge on any atom is 0.318 e. The first kappa shape index (κ1) is 24.1. The number of halogens is 1. The van der Waals surface area contributed by atoms with E-state index >= 15 is 0 Å². The van der Waals surface area contributed by atoms with Gasteiger partial charge in [-0.15, -0.1) is 0 Å². The number of hydrogen-bond donors (Lipinski definition) is 1. The molecule has 1 saturated carbocycles. The number of carbonyl (C=O) groups excluding carboxylic acids is 2. The van der Waals surface area contributed by atoms with Gasteiger partial charge in [0, 0.05) is 18.4 Å². The highest BCUT2D eigenvalue weighted by Crippen LogP contribution is 2.37. The van der Waals surface area contributed by atoms with Gasteiger partial charge in [-0.05, 0) is 80.0 Å². The van der Waals surface area contributed by atoms with E-state index in [-0.39, 0.29) is 29.8 Å². The van der Waals surface area contributed by atoms with Gasteiger partial charge >= 0.3 is 12.0 Å². The van der Waals surface area contributed by atoms with Crippen molar-refractivity contribution in [2.75, 3.05) is 13.2 Å². The van der Waals surface area contributed by atoms with E-state index in [0.29, 0.717) is 25.6 Å². The lowest BCUT2D eigenvalue weighted by molar-refractivity contribution is -0.149. The zero-order chi connectivity index (χ0) is 25.1. The lowest BCUT2D eigenvalue weighted by atomic mass is 9.82. The van der Waals surface area contributed by atoms with Gasteiger partial charge in [-0.1, -0.05) is 30.3 Å². The van der Waals surface area contributed by atoms with Crippen LogP contribution in [0.4, 0.5) is 9.18 Å². The van der Waals surface area contributed by atoms with Crippen LogP contribution in [-0.2, 0) is 16.1 Å². The molecule has 5 rings (SSSR count). The van der Waals surface area contributed by atoms with Gasteiger partial charge in [-0.25, -0.2) is 9.18 Å². The smallest absolute Gasteiger partial charge is 0.318 e. The molecule has 2 heterocycles. The molecule has 0 spiro atoms. The van der Waals surface area contributed by atoms with Crippen molar-refractivity contribution in [2.45, 2.75) is 45.2 Å². The molecule has 1 fully saturated rings. The van der Waals surface area contributed by atoms with Crippen LogP contribution >= 0.6 is 0 Å². The first-order valence-electron chi connectivity index (χ1n) is 12.8. The molecule has 1 aromatic heterocycles. The third kappa shape index (κ3) is 4.87. The van der Waals surface area contributed by atoms with Crippen molar-refractivity contribution in [1.82, 2.24) is 14.8 Å². The highest BCUT2D eigenvalue weighted by molar-refractivity contribution is 5.76. The van der Waals surface area contributed by atoms with Gasteiger partial charge in [0.2, 0.25) is 0 Å². The average Bonchev–Trinajstić information content (AvgIpc) is 3.33. The van der Waals surface area contributed by atoms with Crippen molar-refractivity contribution in [3.8, 4) is 5.69 Å². The maximum absolute atomic E-state index is 13.8. The average molecular weight is 490 g/mol. The monoisotopic (exact) mass is 489 g/mol. The van der Waals surface area contributed by atoms with Crippen LogP contribution in [0.5, 0.6) is 0 Å². The Balaban J connectivity index is 1.36. The minimum Gasteiger partial charge on any atom is -0.466 e. The summed E-state index contributed by atoms with van der Waals surface area (Å²) in [6.45, 7) is 3.23.